The van der Waals surface area contributed by atoms with E-state index in [9.17, 15) is 5.11 Å². The molecule has 0 radical (unpaired) electrons. The van der Waals surface area contributed by atoms with Crippen LogP contribution < -0.4 is 0 Å². The van der Waals surface area contributed by atoms with Crippen LogP contribution in [0.2, 0.25) is 0 Å². The minimum Gasteiger partial charge on any atom is -0.508 e. The molecule has 3 heteroatoms. The summed E-state index contributed by atoms with van der Waals surface area (Å²) in [4.78, 5) is 7.94. The Morgan fingerprint density at radius 2 is 1.78 bits per heavy atom. The van der Waals surface area contributed by atoms with Gasteiger partial charge >= 0.3 is 0 Å². The number of H-pyrrole nitrogens is 1. The summed E-state index contributed by atoms with van der Waals surface area (Å²) >= 11 is 0. The molecule has 3 rings (SSSR count). The first-order valence-electron chi connectivity index (χ1n) is 5.90. The molecule has 3 aromatic rings. The number of phenolic OH excluding ortho intramolecular Hbond substituents is 1. The molecule has 3 nitrogen and oxygen atoms in total. The number of aromatic hydroxyl groups is 1. The molecule has 1 aromatic heterocycles. The Morgan fingerprint density at radius 1 is 1.06 bits per heavy atom. The monoisotopic (exact) mass is 238 g/mol. The van der Waals surface area contributed by atoms with Crippen molar-refractivity contribution in [3.8, 4) is 17.1 Å². The van der Waals surface area contributed by atoms with E-state index in [1.807, 2.05) is 12.1 Å². The van der Waals surface area contributed by atoms with Crippen molar-refractivity contribution < 1.29 is 5.11 Å². The minimum atomic E-state index is 0.266. The fourth-order valence-electron chi connectivity index (χ4n) is 2.23. The number of aryl methyl sites for hydroxylation is 2. The van der Waals surface area contributed by atoms with Gasteiger partial charge in [-0.25, -0.2) is 4.98 Å². The third-order valence-electron chi connectivity index (χ3n) is 3.06. The van der Waals surface area contributed by atoms with E-state index in [0.29, 0.717) is 0 Å². The van der Waals surface area contributed by atoms with Crippen molar-refractivity contribution in [3.05, 3.63) is 47.5 Å². The molecule has 18 heavy (non-hydrogen) atoms. The summed E-state index contributed by atoms with van der Waals surface area (Å²) in [6.07, 6.45) is 0. The van der Waals surface area contributed by atoms with Gasteiger partial charge in [-0.3, -0.25) is 0 Å². The zero-order valence-electron chi connectivity index (χ0n) is 10.4. The van der Waals surface area contributed by atoms with Gasteiger partial charge in [0.25, 0.3) is 0 Å². The molecule has 0 aliphatic heterocycles. The molecule has 2 aromatic carbocycles. The molecule has 0 fully saturated rings. The van der Waals surface area contributed by atoms with Crippen LogP contribution in [0.4, 0.5) is 0 Å². The van der Waals surface area contributed by atoms with E-state index in [2.05, 4.69) is 35.9 Å². The van der Waals surface area contributed by atoms with Gasteiger partial charge in [0.1, 0.15) is 11.6 Å². The summed E-state index contributed by atoms with van der Waals surface area (Å²) in [6, 6.07) is 11.3. The Kier molecular flexibility index (Phi) is 2.33. The van der Waals surface area contributed by atoms with Crippen LogP contribution in [0.1, 0.15) is 11.1 Å². The molecule has 0 saturated carbocycles. The second kappa shape index (κ2) is 3.88. The quantitative estimate of drug-likeness (QED) is 0.681. The van der Waals surface area contributed by atoms with Crippen molar-refractivity contribution in [2.45, 2.75) is 13.8 Å². The zero-order valence-corrected chi connectivity index (χ0v) is 10.4. The van der Waals surface area contributed by atoms with Crippen LogP contribution in [-0.2, 0) is 0 Å². The predicted octanol–water partition coefficient (Wildman–Crippen LogP) is 3.55. The lowest BCUT2D eigenvalue weighted by Crippen LogP contribution is -1.79. The predicted molar refractivity (Wildman–Crippen MR) is 72.7 cm³/mol. The van der Waals surface area contributed by atoms with E-state index in [0.717, 1.165) is 22.4 Å². The van der Waals surface area contributed by atoms with Crippen LogP contribution in [0.15, 0.2) is 36.4 Å². The molecule has 0 unspecified atom stereocenters. The Labute approximate surface area is 105 Å². The smallest absolute Gasteiger partial charge is 0.138 e. The van der Waals surface area contributed by atoms with Crippen LogP contribution in [0, 0.1) is 13.8 Å². The first-order chi connectivity index (χ1) is 8.63. The Bertz CT molecular complexity index is 711. The Hall–Kier alpha value is -2.29. The van der Waals surface area contributed by atoms with E-state index in [1.165, 1.54) is 11.1 Å². The minimum absolute atomic E-state index is 0.266. The summed E-state index contributed by atoms with van der Waals surface area (Å²) in [5, 5.41) is 9.29. The molecule has 0 bridgehead atoms. The number of aromatic nitrogens is 2. The lowest BCUT2D eigenvalue weighted by Gasteiger charge is -1.96. The van der Waals surface area contributed by atoms with E-state index in [-0.39, 0.29) is 5.75 Å². The highest BCUT2D eigenvalue weighted by Crippen LogP contribution is 2.24. The number of hydrogen-bond donors (Lipinski definition) is 2. The number of aromatic amines is 1. The van der Waals surface area contributed by atoms with Gasteiger partial charge in [0.15, 0.2) is 0 Å². The normalized spacial score (nSPS) is 11.0. The second-order valence-corrected chi connectivity index (χ2v) is 4.61. The average molecular weight is 238 g/mol. The van der Waals surface area contributed by atoms with Crippen molar-refractivity contribution in [1.29, 1.82) is 0 Å². The van der Waals surface area contributed by atoms with Gasteiger partial charge in [0.05, 0.1) is 11.0 Å². The summed E-state index contributed by atoms with van der Waals surface area (Å²) < 4.78 is 0. The lowest BCUT2D eigenvalue weighted by molar-refractivity contribution is 0.475. The number of phenols is 1. The molecule has 0 aliphatic carbocycles. The number of benzene rings is 2. The number of nitrogens with one attached hydrogen (secondary N) is 1. The summed E-state index contributed by atoms with van der Waals surface area (Å²) in [6.45, 7) is 4.14. The highest BCUT2D eigenvalue weighted by atomic mass is 16.3. The summed E-state index contributed by atoms with van der Waals surface area (Å²) in [7, 11) is 0. The van der Waals surface area contributed by atoms with Gasteiger partial charge in [-0.2, -0.15) is 0 Å². The second-order valence-electron chi connectivity index (χ2n) is 4.61. The fourth-order valence-corrected chi connectivity index (χ4v) is 2.23. The van der Waals surface area contributed by atoms with Crippen molar-refractivity contribution >= 4 is 11.0 Å². The van der Waals surface area contributed by atoms with Gasteiger partial charge in [-0.1, -0.05) is 6.07 Å². The number of fused-ring (bicyclic) bond motifs is 1. The lowest BCUT2D eigenvalue weighted by atomic mass is 10.1. The maximum atomic E-state index is 9.29. The summed E-state index contributed by atoms with van der Waals surface area (Å²) in [5.41, 5.74) is 5.42. The fraction of sp³-hybridized carbons (Fsp3) is 0.133. The number of nitrogens with zero attached hydrogens (tertiary/aromatic N) is 1. The van der Waals surface area contributed by atoms with Gasteiger partial charge < -0.3 is 10.1 Å². The van der Waals surface area contributed by atoms with Gasteiger partial charge in [-0.15, -0.1) is 0 Å². The van der Waals surface area contributed by atoms with Crippen LogP contribution in [0.3, 0.4) is 0 Å². The number of rotatable bonds is 1. The molecule has 1 heterocycles. The van der Waals surface area contributed by atoms with Crippen molar-refractivity contribution in [1.82, 2.24) is 9.97 Å². The number of hydrogen-bond acceptors (Lipinski definition) is 2. The maximum Gasteiger partial charge on any atom is 0.138 e. The molecule has 0 amide bonds. The molecular formula is C15H14N2O. The maximum absolute atomic E-state index is 9.29. The SMILES string of the molecule is Cc1cc(C)c2nc(-c3ccc(O)cc3)[nH]c2c1. The van der Waals surface area contributed by atoms with E-state index < -0.39 is 0 Å². The standard InChI is InChI=1S/C15H14N2O/c1-9-7-10(2)14-13(8-9)16-15(17-14)11-3-5-12(18)6-4-11/h3-8,18H,1-2H3,(H,16,17). The first-order valence-corrected chi connectivity index (χ1v) is 5.90. The van der Waals surface area contributed by atoms with Gasteiger partial charge in [0.2, 0.25) is 0 Å². The van der Waals surface area contributed by atoms with Gasteiger partial charge in [-0.05, 0) is 55.3 Å². The molecule has 90 valence electrons. The third-order valence-corrected chi connectivity index (χ3v) is 3.06. The first kappa shape index (κ1) is 10.8. The molecule has 0 aliphatic rings. The van der Waals surface area contributed by atoms with Crippen molar-refractivity contribution in [2.75, 3.05) is 0 Å². The Balaban J connectivity index is 2.19. The van der Waals surface area contributed by atoms with E-state index in [1.54, 1.807) is 12.1 Å². The average Bonchev–Trinajstić information content (AvgIpc) is 2.74. The largest absolute Gasteiger partial charge is 0.508 e. The van der Waals surface area contributed by atoms with Gasteiger partial charge in [0, 0.05) is 5.56 Å². The molecular weight excluding hydrogens is 224 g/mol. The Morgan fingerprint density at radius 3 is 2.50 bits per heavy atom. The van der Waals surface area contributed by atoms with Crippen LogP contribution >= 0.6 is 0 Å². The highest BCUT2D eigenvalue weighted by molar-refractivity contribution is 5.83. The van der Waals surface area contributed by atoms with E-state index in [4.69, 9.17) is 0 Å². The molecule has 2 N–H and O–H groups in total. The third kappa shape index (κ3) is 1.74. The molecule has 0 atom stereocenters. The molecule has 0 saturated heterocycles. The highest BCUT2D eigenvalue weighted by Gasteiger charge is 2.07. The van der Waals surface area contributed by atoms with Crippen molar-refractivity contribution in [3.63, 3.8) is 0 Å². The van der Waals surface area contributed by atoms with Crippen LogP contribution in [0.25, 0.3) is 22.4 Å². The number of imidazole rings is 1. The van der Waals surface area contributed by atoms with E-state index >= 15 is 0 Å². The molecule has 0 spiro atoms. The topological polar surface area (TPSA) is 48.9 Å². The van der Waals surface area contributed by atoms with Crippen LogP contribution in [-0.4, -0.2) is 15.1 Å². The summed E-state index contributed by atoms with van der Waals surface area (Å²) in [5.74, 6) is 1.10. The van der Waals surface area contributed by atoms with Crippen molar-refractivity contribution in [2.24, 2.45) is 0 Å². The zero-order chi connectivity index (χ0) is 12.7. The van der Waals surface area contributed by atoms with Crippen LogP contribution in [0.5, 0.6) is 5.75 Å².